The van der Waals surface area contributed by atoms with E-state index in [1.54, 1.807) is 18.2 Å². The van der Waals surface area contributed by atoms with Crippen LogP contribution in [0.3, 0.4) is 0 Å². The fraction of sp³-hybridized carbons (Fsp3) is 0.100. The van der Waals surface area contributed by atoms with Crippen LogP contribution in [0.5, 0.6) is 5.88 Å². The Morgan fingerprint density at radius 2 is 1.73 bits per heavy atom. The van der Waals surface area contributed by atoms with Gasteiger partial charge in [-0.2, -0.15) is 13.2 Å². The Morgan fingerprint density at radius 1 is 1.00 bits per heavy atom. The SMILES string of the molecule is Cc1cc(C)cc(-n2c(O)c(C=Nc3c[nH]cc(-c4cccc(C(=O)O)c4)c3=O)c3ccc(C(F)(F)F)cc32)c1. The smallest absolute Gasteiger partial charge is 0.416 e. The Bertz CT molecular complexity index is 1860. The molecule has 2 aromatic heterocycles. The Balaban J connectivity index is 1.67. The van der Waals surface area contributed by atoms with Crippen molar-refractivity contribution in [3.8, 4) is 22.7 Å². The number of H-pyrrole nitrogens is 1. The van der Waals surface area contributed by atoms with Gasteiger partial charge in [0, 0.05) is 35.2 Å². The van der Waals surface area contributed by atoms with Gasteiger partial charge in [0.05, 0.1) is 22.2 Å². The lowest BCUT2D eigenvalue weighted by Gasteiger charge is -2.11. The Morgan fingerprint density at radius 3 is 2.40 bits per heavy atom. The van der Waals surface area contributed by atoms with Gasteiger partial charge in [-0.25, -0.2) is 4.79 Å². The molecule has 0 atom stereocenters. The maximum Gasteiger partial charge on any atom is 0.416 e. The Kier molecular flexibility index (Phi) is 6.54. The van der Waals surface area contributed by atoms with Crippen LogP contribution in [-0.4, -0.2) is 31.9 Å². The molecule has 2 heterocycles. The lowest BCUT2D eigenvalue weighted by molar-refractivity contribution is -0.137. The van der Waals surface area contributed by atoms with E-state index in [4.69, 9.17) is 0 Å². The number of rotatable bonds is 5. The van der Waals surface area contributed by atoms with Crippen LogP contribution in [0.2, 0.25) is 0 Å². The average molecular weight is 546 g/mol. The topological polar surface area (TPSA) is 108 Å². The number of aromatic nitrogens is 2. The van der Waals surface area contributed by atoms with E-state index in [1.165, 1.54) is 47.4 Å². The minimum absolute atomic E-state index is 0.00754. The van der Waals surface area contributed by atoms with Crippen LogP contribution in [0.1, 0.15) is 32.6 Å². The molecule has 0 aliphatic carbocycles. The van der Waals surface area contributed by atoms with Gasteiger partial charge in [0.25, 0.3) is 0 Å². The minimum Gasteiger partial charge on any atom is -0.494 e. The van der Waals surface area contributed by atoms with Gasteiger partial charge >= 0.3 is 12.1 Å². The highest BCUT2D eigenvalue weighted by Gasteiger charge is 2.31. The number of pyridine rings is 1. The van der Waals surface area contributed by atoms with Crippen LogP contribution in [0, 0.1) is 13.8 Å². The molecule has 0 radical (unpaired) electrons. The highest BCUT2D eigenvalue weighted by Crippen LogP contribution is 2.38. The summed E-state index contributed by atoms with van der Waals surface area (Å²) in [7, 11) is 0. The summed E-state index contributed by atoms with van der Waals surface area (Å²) < 4.78 is 42.1. The van der Waals surface area contributed by atoms with Gasteiger partial charge in [-0.15, -0.1) is 0 Å². The number of aromatic hydroxyl groups is 1. The maximum atomic E-state index is 13.6. The number of aliphatic imine (C=N–C) groups is 1. The number of carboxylic acid groups (broad SMARTS) is 1. The summed E-state index contributed by atoms with van der Waals surface area (Å²) in [6.45, 7) is 3.68. The number of aryl methyl sites for hydroxylation is 2. The molecule has 202 valence electrons. The van der Waals surface area contributed by atoms with Gasteiger partial charge in [-0.05, 0) is 66.9 Å². The molecule has 0 amide bonds. The van der Waals surface area contributed by atoms with E-state index >= 15 is 0 Å². The lowest BCUT2D eigenvalue weighted by Crippen LogP contribution is -2.06. The van der Waals surface area contributed by atoms with Crippen molar-refractivity contribution in [1.82, 2.24) is 9.55 Å². The van der Waals surface area contributed by atoms with Crippen LogP contribution in [0.15, 0.2) is 82.8 Å². The predicted octanol–water partition coefficient (Wildman–Crippen LogP) is 6.78. The van der Waals surface area contributed by atoms with Crippen molar-refractivity contribution in [3.63, 3.8) is 0 Å². The molecule has 3 N–H and O–H groups in total. The molecule has 7 nitrogen and oxygen atoms in total. The summed E-state index contributed by atoms with van der Waals surface area (Å²) in [6, 6.07) is 14.4. The number of fused-ring (bicyclic) bond motifs is 1. The number of nitrogens with one attached hydrogen (secondary N) is 1. The van der Waals surface area contributed by atoms with Crippen LogP contribution in [0.25, 0.3) is 27.7 Å². The minimum atomic E-state index is -4.60. The molecule has 0 fully saturated rings. The first-order valence-corrected chi connectivity index (χ1v) is 12.1. The molecule has 0 unspecified atom stereocenters. The van der Waals surface area contributed by atoms with Crippen molar-refractivity contribution in [2.75, 3.05) is 0 Å². The third-order valence-corrected chi connectivity index (χ3v) is 6.45. The fourth-order valence-corrected chi connectivity index (χ4v) is 4.68. The van der Waals surface area contributed by atoms with Gasteiger partial charge in [-0.3, -0.25) is 14.4 Å². The van der Waals surface area contributed by atoms with Gasteiger partial charge in [0.1, 0.15) is 5.69 Å². The Labute approximate surface area is 225 Å². The molecule has 0 saturated carbocycles. The fourth-order valence-electron chi connectivity index (χ4n) is 4.68. The number of halogens is 3. The highest BCUT2D eigenvalue weighted by atomic mass is 19.4. The van der Waals surface area contributed by atoms with E-state index in [0.29, 0.717) is 16.6 Å². The van der Waals surface area contributed by atoms with Crippen LogP contribution < -0.4 is 5.43 Å². The summed E-state index contributed by atoms with van der Waals surface area (Å²) in [5.74, 6) is -1.48. The van der Waals surface area contributed by atoms with Crippen molar-refractivity contribution in [3.05, 3.63) is 111 Å². The molecule has 5 rings (SSSR count). The number of aromatic carboxylic acids is 1. The van der Waals surface area contributed by atoms with E-state index in [9.17, 15) is 33.0 Å². The molecule has 0 spiro atoms. The van der Waals surface area contributed by atoms with Crippen molar-refractivity contribution < 1.29 is 28.2 Å². The van der Waals surface area contributed by atoms with E-state index in [2.05, 4.69) is 9.98 Å². The number of carboxylic acids is 1. The summed E-state index contributed by atoms with van der Waals surface area (Å²) in [6.07, 6.45) is -0.608. The quantitative estimate of drug-likeness (QED) is 0.212. The monoisotopic (exact) mass is 545 g/mol. The number of alkyl halides is 3. The largest absolute Gasteiger partial charge is 0.494 e. The number of nitrogens with zero attached hydrogens (tertiary/aromatic N) is 2. The molecule has 10 heteroatoms. The van der Waals surface area contributed by atoms with Crippen molar-refractivity contribution in [2.45, 2.75) is 20.0 Å². The zero-order valence-corrected chi connectivity index (χ0v) is 21.2. The number of aromatic amines is 1. The first kappa shape index (κ1) is 26.5. The summed E-state index contributed by atoms with van der Waals surface area (Å²) >= 11 is 0. The number of benzene rings is 3. The first-order valence-electron chi connectivity index (χ1n) is 12.1. The molecule has 0 saturated heterocycles. The first-order chi connectivity index (χ1) is 18.9. The zero-order chi connectivity index (χ0) is 28.8. The van der Waals surface area contributed by atoms with Crippen molar-refractivity contribution in [1.29, 1.82) is 0 Å². The summed E-state index contributed by atoms with van der Waals surface area (Å²) in [5.41, 5.74) is 1.55. The second kappa shape index (κ2) is 9.88. The normalized spacial score (nSPS) is 11.9. The standard InChI is InChI=1S/C30H22F3N3O4/c1-16-8-17(2)10-21(9-16)36-26-12-20(30(31,32)33)6-7-22(26)24(28(36)38)14-35-25-15-34-13-23(27(25)37)18-4-3-5-19(11-18)29(39)40/h3-15,38H,1-2H3,(H,34,37)(H,39,40). The van der Waals surface area contributed by atoms with Gasteiger partial charge in [-0.1, -0.05) is 24.3 Å². The van der Waals surface area contributed by atoms with E-state index < -0.39 is 23.1 Å². The van der Waals surface area contributed by atoms with Gasteiger partial charge < -0.3 is 15.2 Å². The molecule has 0 bridgehead atoms. The molecule has 0 aliphatic heterocycles. The van der Waals surface area contributed by atoms with Crippen LogP contribution in [0.4, 0.5) is 18.9 Å². The van der Waals surface area contributed by atoms with Crippen molar-refractivity contribution >= 4 is 28.8 Å². The van der Waals surface area contributed by atoms with Crippen LogP contribution in [-0.2, 0) is 6.18 Å². The number of carbonyl (C=O) groups is 1. The second-order valence-electron chi connectivity index (χ2n) is 9.38. The third-order valence-electron chi connectivity index (χ3n) is 6.45. The lowest BCUT2D eigenvalue weighted by atomic mass is 10.0. The third kappa shape index (κ3) is 4.86. The summed E-state index contributed by atoms with van der Waals surface area (Å²) in [4.78, 5) is 31.6. The molecule has 40 heavy (non-hydrogen) atoms. The summed E-state index contributed by atoms with van der Waals surface area (Å²) in [5, 5.41) is 20.8. The van der Waals surface area contributed by atoms with Crippen molar-refractivity contribution in [2.24, 2.45) is 4.99 Å². The zero-order valence-electron chi connectivity index (χ0n) is 21.2. The van der Waals surface area contributed by atoms with E-state index in [0.717, 1.165) is 23.3 Å². The molecule has 0 aliphatic rings. The molecule has 3 aromatic carbocycles. The maximum absolute atomic E-state index is 13.6. The highest BCUT2D eigenvalue weighted by molar-refractivity contribution is 6.04. The number of hydrogen-bond donors (Lipinski definition) is 3. The van der Waals surface area contributed by atoms with Gasteiger partial charge in [0.2, 0.25) is 11.3 Å². The second-order valence-corrected chi connectivity index (χ2v) is 9.38. The van der Waals surface area contributed by atoms with Crippen LogP contribution >= 0.6 is 0 Å². The van der Waals surface area contributed by atoms with Gasteiger partial charge in [0.15, 0.2) is 0 Å². The average Bonchev–Trinajstić information content (AvgIpc) is 3.17. The molecular weight excluding hydrogens is 523 g/mol. The molecular formula is C30H22F3N3O4. The van der Waals surface area contributed by atoms with E-state index in [-0.39, 0.29) is 33.8 Å². The predicted molar refractivity (Wildman–Crippen MR) is 146 cm³/mol. The Hall–Kier alpha value is -5.12. The van der Waals surface area contributed by atoms with E-state index in [1.807, 2.05) is 19.9 Å². The number of hydrogen-bond acceptors (Lipinski definition) is 4. The molecule has 5 aromatic rings.